The van der Waals surface area contributed by atoms with Gasteiger partial charge in [0, 0.05) is 6.42 Å². The first-order chi connectivity index (χ1) is 7.06. The summed E-state index contributed by atoms with van der Waals surface area (Å²) in [5.41, 5.74) is 0.0157. The lowest BCUT2D eigenvalue weighted by Crippen LogP contribution is -2.08. The molecule has 0 saturated heterocycles. The highest BCUT2D eigenvalue weighted by Crippen LogP contribution is 2.28. The van der Waals surface area contributed by atoms with E-state index in [1.165, 1.54) is 18.2 Å². The van der Waals surface area contributed by atoms with Gasteiger partial charge in [-0.1, -0.05) is 24.6 Å². The maximum absolute atomic E-state index is 12.0. The first-order valence-electron chi connectivity index (χ1n) is 4.32. The van der Waals surface area contributed by atoms with Crippen LogP contribution in [0.5, 0.6) is 5.75 Å². The van der Waals surface area contributed by atoms with Gasteiger partial charge in [-0.15, -0.1) is 0 Å². The SMILES string of the molecule is CCC(=O)c1c(Cl)cccc1OC(F)F. The first-order valence-corrected chi connectivity index (χ1v) is 4.70. The van der Waals surface area contributed by atoms with Crippen LogP contribution < -0.4 is 4.74 Å². The predicted molar refractivity (Wildman–Crippen MR) is 52.7 cm³/mol. The van der Waals surface area contributed by atoms with Gasteiger partial charge in [-0.2, -0.15) is 8.78 Å². The van der Waals surface area contributed by atoms with E-state index in [0.717, 1.165) is 0 Å². The lowest BCUT2D eigenvalue weighted by Gasteiger charge is -2.10. The van der Waals surface area contributed by atoms with Crippen LogP contribution in [0.2, 0.25) is 5.02 Å². The molecule has 0 amide bonds. The number of alkyl halides is 2. The maximum Gasteiger partial charge on any atom is 0.387 e. The van der Waals surface area contributed by atoms with Crippen LogP contribution in [0, 0.1) is 0 Å². The summed E-state index contributed by atoms with van der Waals surface area (Å²) in [4.78, 5) is 11.4. The predicted octanol–water partition coefficient (Wildman–Crippen LogP) is 3.53. The highest BCUT2D eigenvalue weighted by molar-refractivity contribution is 6.34. The average molecular weight is 235 g/mol. The van der Waals surface area contributed by atoms with Gasteiger partial charge in [0.2, 0.25) is 0 Å². The Kier molecular flexibility index (Phi) is 4.03. The Balaban J connectivity index is 3.14. The van der Waals surface area contributed by atoms with Crippen LogP contribution in [-0.4, -0.2) is 12.4 Å². The van der Waals surface area contributed by atoms with Crippen molar-refractivity contribution in [2.45, 2.75) is 20.0 Å². The zero-order valence-corrected chi connectivity index (χ0v) is 8.72. The van der Waals surface area contributed by atoms with Crippen molar-refractivity contribution in [3.05, 3.63) is 28.8 Å². The molecule has 0 aliphatic rings. The fourth-order valence-corrected chi connectivity index (χ4v) is 1.42. The number of ether oxygens (including phenoxy) is 1. The van der Waals surface area contributed by atoms with Gasteiger partial charge in [-0.3, -0.25) is 4.79 Å². The minimum atomic E-state index is -2.97. The van der Waals surface area contributed by atoms with Crippen molar-refractivity contribution in [3.63, 3.8) is 0 Å². The molecule has 0 aliphatic heterocycles. The number of ketones is 1. The van der Waals surface area contributed by atoms with Gasteiger partial charge >= 0.3 is 6.61 Å². The van der Waals surface area contributed by atoms with Gasteiger partial charge in [0.1, 0.15) is 5.75 Å². The highest BCUT2D eigenvalue weighted by atomic mass is 35.5. The monoisotopic (exact) mass is 234 g/mol. The van der Waals surface area contributed by atoms with Gasteiger partial charge in [-0.05, 0) is 12.1 Å². The minimum Gasteiger partial charge on any atom is -0.434 e. The highest BCUT2D eigenvalue weighted by Gasteiger charge is 2.17. The maximum atomic E-state index is 12.0. The molecule has 0 aliphatic carbocycles. The summed E-state index contributed by atoms with van der Waals surface area (Å²) >= 11 is 5.74. The Hall–Kier alpha value is -1.16. The van der Waals surface area contributed by atoms with Crippen molar-refractivity contribution >= 4 is 17.4 Å². The molecule has 2 nitrogen and oxygen atoms in total. The topological polar surface area (TPSA) is 26.3 Å². The molecule has 1 rings (SSSR count). The fraction of sp³-hybridized carbons (Fsp3) is 0.300. The van der Waals surface area contributed by atoms with E-state index >= 15 is 0 Å². The Morgan fingerprint density at radius 3 is 2.73 bits per heavy atom. The molecule has 0 bridgehead atoms. The van der Waals surface area contributed by atoms with E-state index in [1.807, 2.05) is 0 Å². The lowest BCUT2D eigenvalue weighted by molar-refractivity contribution is -0.0501. The molecule has 0 saturated carbocycles. The van der Waals surface area contributed by atoms with Crippen molar-refractivity contribution in [2.75, 3.05) is 0 Å². The summed E-state index contributed by atoms with van der Waals surface area (Å²) in [7, 11) is 0. The van der Waals surface area contributed by atoms with E-state index in [0.29, 0.717) is 0 Å². The van der Waals surface area contributed by atoms with Crippen LogP contribution in [0.3, 0.4) is 0 Å². The number of carbonyl (C=O) groups is 1. The molecule has 1 aromatic carbocycles. The van der Waals surface area contributed by atoms with Crippen molar-refractivity contribution in [2.24, 2.45) is 0 Å². The third-order valence-corrected chi connectivity index (χ3v) is 2.11. The number of hydrogen-bond donors (Lipinski definition) is 0. The van der Waals surface area contributed by atoms with Gasteiger partial charge < -0.3 is 4.74 Å². The third kappa shape index (κ3) is 2.89. The summed E-state index contributed by atoms with van der Waals surface area (Å²) in [6.45, 7) is -1.34. The van der Waals surface area contributed by atoms with Crippen LogP contribution in [0.4, 0.5) is 8.78 Å². The second-order valence-corrected chi connectivity index (χ2v) is 3.18. The van der Waals surface area contributed by atoms with E-state index in [4.69, 9.17) is 11.6 Å². The number of Topliss-reactive ketones (excluding diaryl/α,β-unsaturated/α-hetero) is 1. The van der Waals surface area contributed by atoms with Crippen molar-refractivity contribution in [3.8, 4) is 5.75 Å². The van der Waals surface area contributed by atoms with Crippen LogP contribution in [-0.2, 0) is 0 Å². The molecule has 0 unspecified atom stereocenters. The zero-order valence-electron chi connectivity index (χ0n) is 7.97. The van der Waals surface area contributed by atoms with Crippen molar-refractivity contribution in [1.29, 1.82) is 0 Å². The number of hydrogen-bond acceptors (Lipinski definition) is 2. The normalized spacial score (nSPS) is 10.5. The summed E-state index contributed by atoms with van der Waals surface area (Å²) in [6, 6.07) is 4.20. The Morgan fingerprint density at radius 1 is 1.53 bits per heavy atom. The lowest BCUT2D eigenvalue weighted by atomic mass is 10.1. The Morgan fingerprint density at radius 2 is 2.20 bits per heavy atom. The molecule has 0 spiro atoms. The average Bonchev–Trinajstić information content (AvgIpc) is 2.16. The molecule has 5 heteroatoms. The molecular weight excluding hydrogens is 226 g/mol. The summed E-state index contributed by atoms with van der Waals surface area (Å²) < 4.78 is 28.3. The summed E-state index contributed by atoms with van der Waals surface area (Å²) in [5, 5.41) is 0.125. The quantitative estimate of drug-likeness (QED) is 0.745. The fourth-order valence-electron chi connectivity index (χ4n) is 1.15. The first kappa shape index (κ1) is 11.9. The molecular formula is C10H9ClF2O2. The van der Waals surface area contributed by atoms with Gasteiger partial charge in [0.15, 0.2) is 5.78 Å². The number of halogens is 3. The molecule has 0 aromatic heterocycles. The Labute approximate surface area is 90.8 Å². The molecule has 0 heterocycles. The second-order valence-electron chi connectivity index (χ2n) is 2.77. The van der Waals surface area contributed by atoms with Gasteiger partial charge in [0.25, 0.3) is 0 Å². The zero-order chi connectivity index (χ0) is 11.4. The van der Waals surface area contributed by atoms with E-state index in [-0.39, 0.29) is 28.5 Å². The second kappa shape index (κ2) is 5.07. The van der Waals surface area contributed by atoms with E-state index < -0.39 is 6.61 Å². The molecule has 82 valence electrons. The number of rotatable bonds is 4. The Bertz CT molecular complexity index is 366. The molecule has 1 aromatic rings. The van der Waals surface area contributed by atoms with E-state index in [9.17, 15) is 13.6 Å². The van der Waals surface area contributed by atoms with Crippen LogP contribution in [0.1, 0.15) is 23.7 Å². The smallest absolute Gasteiger partial charge is 0.387 e. The third-order valence-electron chi connectivity index (χ3n) is 1.79. The van der Waals surface area contributed by atoms with Crippen molar-refractivity contribution in [1.82, 2.24) is 0 Å². The standard InChI is InChI=1S/C10H9ClF2O2/c1-2-7(14)9-6(11)4-3-5-8(9)15-10(12)13/h3-5,10H,2H2,1H3. The van der Waals surface area contributed by atoms with Gasteiger partial charge in [0.05, 0.1) is 10.6 Å². The van der Waals surface area contributed by atoms with Crippen LogP contribution in [0.25, 0.3) is 0 Å². The molecule has 0 N–H and O–H groups in total. The number of carbonyl (C=O) groups excluding carboxylic acids is 1. The summed E-state index contributed by atoms with van der Waals surface area (Å²) in [6.07, 6.45) is 0.184. The largest absolute Gasteiger partial charge is 0.434 e. The van der Waals surface area contributed by atoms with Crippen LogP contribution >= 0.6 is 11.6 Å². The molecule has 15 heavy (non-hydrogen) atoms. The minimum absolute atomic E-state index is 0.0157. The van der Waals surface area contributed by atoms with E-state index in [1.54, 1.807) is 6.92 Å². The number of benzene rings is 1. The molecule has 0 radical (unpaired) electrons. The molecule has 0 atom stereocenters. The van der Waals surface area contributed by atoms with Gasteiger partial charge in [-0.25, -0.2) is 0 Å². The van der Waals surface area contributed by atoms with E-state index in [2.05, 4.69) is 4.74 Å². The molecule has 0 fully saturated rings. The van der Waals surface area contributed by atoms with Crippen molar-refractivity contribution < 1.29 is 18.3 Å². The van der Waals surface area contributed by atoms with Crippen LogP contribution in [0.15, 0.2) is 18.2 Å². The summed E-state index contributed by atoms with van der Waals surface area (Å²) in [5.74, 6) is -0.499.